The zero-order valence-corrected chi connectivity index (χ0v) is 9.12. The average Bonchev–Trinajstić information content (AvgIpc) is 2.77. The molecule has 0 radical (unpaired) electrons. The highest BCUT2D eigenvalue weighted by Crippen LogP contribution is 2.25. The van der Waals surface area contributed by atoms with E-state index in [0.717, 1.165) is 32.4 Å². The molecule has 1 N–H and O–H groups in total. The smallest absolute Gasteiger partial charge is 0.173 e. The van der Waals surface area contributed by atoms with Gasteiger partial charge < -0.3 is 9.88 Å². The fourth-order valence-corrected chi connectivity index (χ4v) is 2.15. The molecule has 0 amide bonds. The largest absolute Gasteiger partial charge is 0.333 e. The lowest BCUT2D eigenvalue weighted by Gasteiger charge is -2.26. The molecule has 2 atom stereocenters. The van der Waals surface area contributed by atoms with Crippen molar-refractivity contribution in [3.63, 3.8) is 0 Å². The first-order chi connectivity index (χ1) is 7.33. The summed E-state index contributed by atoms with van der Waals surface area (Å²) >= 11 is 0. The summed E-state index contributed by atoms with van der Waals surface area (Å²) in [6, 6.07) is -0.0496. The highest BCUT2D eigenvalue weighted by atomic mass is 19.1. The molecule has 4 heteroatoms. The Hall–Kier alpha value is -0.900. The van der Waals surface area contributed by atoms with Gasteiger partial charge in [-0.25, -0.2) is 9.37 Å². The molecular formula is C11H18FN3. The molecule has 2 rings (SSSR count). The maximum atomic E-state index is 14.2. The molecule has 0 bridgehead atoms. The number of aromatic nitrogens is 2. The van der Waals surface area contributed by atoms with Crippen LogP contribution in [-0.2, 0) is 6.54 Å². The van der Waals surface area contributed by atoms with Crippen LogP contribution >= 0.6 is 0 Å². The normalized spacial score (nSPS) is 24.0. The second kappa shape index (κ2) is 4.75. The lowest BCUT2D eigenvalue weighted by atomic mass is 10.0. The van der Waals surface area contributed by atoms with E-state index in [-0.39, 0.29) is 6.04 Å². The van der Waals surface area contributed by atoms with Crippen LogP contribution in [0.2, 0.25) is 0 Å². The van der Waals surface area contributed by atoms with Crippen LogP contribution in [0.15, 0.2) is 12.4 Å². The minimum Gasteiger partial charge on any atom is -0.333 e. The van der Waals surface area contributed by atoms with Crippen molar-refractivity contribution in [3.8, 4) is 0 Å². The first-order valence-electron chi connectivity index (χ1n) is 5.71. The highest BCUT2D eigenvalue weighted by Gasteiger charge is 2.27. The third-order valence-corrected chi connectivity index (χ3v) is 3.04. The number of piperidine rings is 1. The van der Waals surface area contributed by atoms with Crippen molar-refractivity contribution in [2.45, 2.75) is 44.9 Å². The number of nitrogens with zero attached hydrogens (tertiary/aromatic N) is 2. The van der Waals surface area contributed by atoms with Crippen LogP contribution < -0.4 is 5.32 Å². The monoisotopic (exact) mass is 211 g/mol. The second-order valence-corrected chi connectivity index (χ2v) is 4.03. The molecule has 1 saturated heterocycles. The minimum atomic E-state index is -0.972. The Morgan fingerprint density at radius 2 is 2.53 bits per heavy atom. The zero-order valence-electron chi connectivity index (χ0n) is 9.12. The van der Waals surface area contributed by atoms with E-state index in [4.69, 9.17) is 0 Å². The van der Waals surface area contributed by atoms with Crippen LogP contribution in [0.25, 0.3) is 0 Å². The number of imidazole rings is 1. The van der Waals surface area contributed by atoms with Crippen LogP contribution in [0.1, 0.15) is 38.2 Å². The molecule has 0 saturated carbocycles. The van der Waals surface area contributed by atoms with Crippen molar-refractivity contribution in [2.24, 2.45) is 0 Å². The average molecular weight is 211 g/mol. The second-order valence-electron chi connectivity index (χ2n) is 4.03. The summed E-state index contributed by atoms with van der Waals surface area (Å²) in [5.74, 6) is 0.567. The Bertz CT molecular complexity index is 305. The lowest BCUT2D eigenvalue weighted by Crippen LogP contribution is -2.38. The summed E-state index contributed by atoms with van der Waals surface area (Å²) in [6.45, 7) is 3.71. The summed E-state index contributed by atoms with van der Waals surface area (Å²) in [6.07, 6.45) is 5.73. The number of rotatable bonds is 3. The maximum Gasteiger partial charge on any atom is 0.173 e. The van der Waals surface area contributed by atoms with Gasteiger partial charge in [0.05, 0.1) is 0 Å². The minimum absolute atomic E-state index is 0.0496. The maximum absolute atomic E-state index is 14.2. The van der Waals surface area contributed by atoms with Gasteiger partial charge in [-0.15, -0.1) is 0 Å². The van der Waals surface area contributed by atoms with Crippen molar-refractivity contribution >= 4 is 0 Å². The van der Waals surface area contributed by atoms with Crippen LogP contribution in [0.5, 0.6) is 0 Å². The van der Waals surface area contributed by atoms with E-state index in [1.165, 1.54) is 0 Å². The quantitative estimate of drug-likeness (QED) is 0.829. The third kappa shape index (κ3) is 2.20. The standard InChI is InChI=1S/C11H18FN3/c1-2-15-8-7-14-11(15)10(12)9-5-3-4-6-13-9/h7-10,13H,2-6H2,1H3. The van der Waals surface area contributed by atoms with Crippen LogP contribution in [0.3, 0.4) is 0 Å². The van der Waals surface area contributed by atoms with Gasteiger partial charge in [0, 0.05) is 25.0 Å². The lowest BCUT2D eigenvalue weighted by molar-refractivity contribution is 0.207. The van der Waals surface area contributed by atoms with Crippen LogP contribution in [-0.4, -0.2) is 22.1 Å². The number of alkyl halides is 1. The fourth-order valence-electron chi connectivity index (χ4n) is 2.15. The molecule has 84 valence electrons. The number of halogens is 1. The van der Waals surface area contributed by atoms with Crippen LogP contribution in [0.4, 0.5) is 4.39 Å². The molecular weight excluding hydrogens is 193 g/mol. The Morgan fingerprint density at radius 3 is 3.20 bits per heavy atom. The van der Waals surface area contributed by atoms with Gasteiger partial charge in [0.2, 0.25) is 0 Å². The van der Waals surface area contributed by atoms with Crippen molar-refractivity contribution in [1.29, 1.82) is 0 Å². The number of aryl methyl sites for hydroxylation is 1. The van der Waals surface area contributed by atoms with E-state index in [9.17, 15) is 4.39 Å². The van der Waals surface area contributed by atoms with E-state index < -0.39 is 6.17 Å². The van der Waals surface area contributed by atoms with Gasteiger partial charge in [-0.2, -0.15) is 0 Å². The van der Waals surface area contributed by atoms with Crippen molar-refractivity contribution < 1.29 is 4.39 Å². The van der Waals surface area contributed by atoms with E-state index in [0.29, 0.717) is 5.82 Å². The molecule has 1 aromatic heterocycles. The molecule has 1 aliphatic rings. The Morgan fingerprint density at radius 1 is 1.67 bits per heavy atom. The molecule has 15 heavy (non-hydrogen) atoms. The molecule has 1 fully saturated rings. The molecule has 1 aromatic rings. The van der Waals surface area contributed by atoms with Crippen LogP contribution in [0, 0.1) is 0 Å². The van der Waals surface area contributed by atoms with E-state index in [2.05, 4.69) is 10.3 Å². The number of nitrogens with one attached hydrogen (secondary N) is 1. The SMILES string of the molecule is CCn1ccnc1C(F)C1CCCCN1. The van der Waals surface area contributed by atoms with Gasteiger partial charge >= 0.3 is 0 Å². The van der Waals surface area contributed by atoms with E-state index in [1.54, 1.807) is 6.20 Å². The summed E-state index contributed by atoms with van der Waals surface area (Å²) in [5, 5.41) is 3.23. The van der Waals surface area contributed by atoms with Crippen molar-refractivity contribution in [3.05, 3.63) is 18.2 Å². The molecule has 3 nitrogen and oxygen atoms in total. The van der Waals surface area contributed by atoms with Crippen molar-refractivity contribution in [1.82, 2.24) is 14.9 Å². The Kier molecular flexibility index (Phi) is 3.36. The predicted molar refractivity (Wildman–Crippen MR) is 57.4 cm³/mol. The molecule has 1 aliphatic heterocycles. The molecule has 0 aromatic carbocycles. The van der Waals surface area contributed by atoms with Gasteiger partial charge in [-0.3, -0.25) is 0 Å². The summed E-state index contributed by atoms with van der Waals surface area (Å²) in [7, 11) is 0. The van der Waals surface area contributed by atoms with Gasteiger partial charge in [-0.05, 0) is 26.3 Å². The summed E-state index contributed by atoms with van der Waals surface area (Å²) in [5.41, 5.74) is 0. The van der Waals surface area contributed by atoms with Gasteiger partial charge in [0.25, 0.3) is 0 Å². The highest BCUT2D eigenvalue weighted by molar-refractivity contribution is 5.01. The Labute approximate surface area is 89.7 Å². The fraction of sp³-hybridized carbons (Fsp3) is 0.727. The molecule has 2 heterocycles. The van der Waals surface area contributed by atoms with E-state index >= 15 is 0 Å². The number of hydrogen-bond acceptors (Lipinski definition) is 2. The topological polar surface area (TPSA) is 29.9 Å². The number of hydrogen-bond donors (Lipinski definition) is 1. The zero-order chi connectivity index (χ0) is 10.7. The first kappa shape index (κ1) is 10.6. The van der Waals surface area contributed by atoms with Gasteiger partial charge in [-0.1, -0.05) is 6.42 Å². The third-order valence-electron chi connectivity index (χ3n) is 3.04. The molecule has 0 aliphatic carbocycles. The Balaban J connectivity index is 2.08. The molecule has 0 spiro atoms. The van der Waals surface area contributed by atoms with Gasteiger partial charge in [0.15, 0.2) is 6.17 Å². The van der Waals surface area contributed by atoms with Crippen molar-refractivity contribution in [2.75, 3.05) is 6.54 Å². The summed E-state index contributed by atoms with van der Waals surface area (Å²) in [4.78, 5) is 4.11. The van der Waals surface area contributed by atoms with E-state index in [1.807, 2.05) is 17.7 Å². The summed E-state index contributed by atoms with van der Waals surface area (Å²) < 4.78 is 16.0. The predicted octanol–water partition coefficient (Wildman–Crippen LogP) is 2.06. The van der Waals surface area contributed by atoms with Gasteiger partial charge in [0.1, 0.15) is 5.82 Å². The first-order valence-corrected chi connectivity index (χ1v) is 5.71. The molecule has 2 unspecified atom stereocenters.